The van der Waals surface area contributed by atoms with Crippen LogP contribution in [0.15, 0.2) is 28.7 Å². The molecule has 1 N–H and O–H groups in total. The summed E-state index contributed by atoms with van der Waals surface area (Å²) in [5.74, 6) is 1.72. The van der Waals surface area contributed by atoms with Crippen molar-refractivity contribution >= 4 is 22.9 Å². The van der Waals surface area contributed by atoms with E-state index in [4.69, 9.17) is 20.8 Å². The molecular weight excluding hydrogens is 270 g/mol. The van der Waals surface area contributed by atoms with Gasteiger partial charge >= 0.3 is 0 Å². The van der Waals surface area contributed by atoms with Crippen molar-refractivity contribution in [1.82, 2.24) is 5.32 Å². The Hall–Kier alpha value is -0.810. The summed E-state index contributed by atoms with van der Waals surface area (Å²) in [6.45, 7) is 3.42. The minimum absolute atomic E-state index is 0.0538. The fraction of sp³-hybridized carbons (Fsp3) is 0.385. The van der Waals surface area contributed by atoms with Gasteiger partial charge < -0.3 is 14.5 Å². The average Bonchev–Trinajstić information content (AvgIpc) is 2.96. The number of hydrogen-bond acceptors (Lipinski definition) is 4. The first kappa shape index (κ1) is 13.6. The van der Waals surface area contributed by atoms with Crippen molar-refractivity contribution in [2.24, 2.45) is 0 Å². The quantitative estimate of drug-likeness (QED) is 0.876. The third-order valence-corrected chi connectivity index (χ3v) is 3.84. The molecule has 5 heteroatoms. The molecule has 2 heterocycles. The molecule has 1 unspecified atom stereocenters. The van der Waals surface area contributed by atoms with Crippen molar-refractivity contribution in [3.63, 3.8) is 0 Å². The number of hydrogen-bond donors (Lipinski definition) is 1. The first-order valence-corrected chi connectivity index (χ1v) is 7.00. The highest BCUT2D eigenvalue weighted by molar-refractivity contribution is 7.16. The second-order valence-electron chi connectivity index (χ2n) is 3.87. The number of ether oxygens (including phenoxy) is 1. The minimum Gasteiger partial charge on any atom is -0.462 e. The normalized spacial score (nSPS) is 12.8. The first-order valence-electron chi connectivity index (χ1n) is 5.80. The zero-order valence-electron chi connectivity index (χ0n) is 10.4. The average molecular weight is 286 g/mol. The highest BCUT2D eigenvalue weighted by Gasteiger charge is 2.18. The van der Waals surface area contributed by atoms with Gasteiger partial charge in [0.1, 0.15) is 24.2 Å². The third-order valence-electron chi connectivity index (χ3n) is 2.54. The summed E-state index contributed by atoms with van der Waals surface area (Å²) in [5.41, 5.74) is 0. The van der Waals surface area contributed by atoms with Crippen molar-refractivity contribution in [3.8, 4) is 0 Å². The SMILES string of the molecule is CCNC(c1ccc(COC)o1)c1ccc(Cl)s1. The number of furan rings is 1. The molecule has 1 atom stereocenters. The molecule has 0 aliphatic carbocycles. The number of methoxy groups -OCH3 is 1. The van der Waals surface area contributed by atoms with Crippen molar-refractivity contribution < 1.29 is 9.15 Å². The standard InChI is InChI=1S/C13H16ClNO2S/c1-3-15-13(11-6-7-12(14)18-11)10-5-4-9(17-10)8-16-2/h4-7,13,15H,3,8H2,1-2H3. The van der Waals surface area contributed by atoms with Gasteiger partial charge in [-0.3, -0.25) is 0 Å². The van der Waals surface area contributed by atoms with E-state index < -0.39 is 0 Å². The molecule has 0 radical (unpaired) electrons. The van der Waals surface area contributed by atoms with E-state index >= 15 is 0 Å². The molecule has 0 amide bonds. The molecule has 0 saturated carbocycles. The Morgan fingerprint density at radius 2 is 2.22 bits per heavy atom. The molecule has 2 aromatic rings. The lowest BCUT2D eigenvalue weighted by atomic mass is 10.2. The first-order chi connectivity index (χ1) is 8.74. The molecule has 3 nitrogen and oxygen atoms in total. The largest absolute Gasteiger partial charge is 0.462 e. The van der Waals surface area contributed by atoms with Gasteiger partial charge in [-0.05, 0) is 30.8 Å². The van der Waals surface area contributed by atoms with Crippen LogP contribution in [0.5, 0.6) is 0 Å². The van der Waals surface area contributed by atoms with Gasteiger partial charge in [0.05, 0.1) is 4.34 Å². The monoisotopic (exact) mass is 285 g/mol. The van der Waals surface area contributed by atoms with E-state index in [2.05, 4.69) is 12.2 Å². The second kappa shape index (κ2) is 6.38. The van der Waals surface area contributed by atoms with E-state index in [1.807, 2.05) is 24.3 Å². The molecule has 98 valence electrons. The Balaban J connectivity index is 2.23. The summed E-state index contributed by atoms with van der Waals surface area (Å²) in [7, 11) is 1.66. The zero-order chi connectivity index (χ0) is 13.0. The lowest BCUT2D eigenvalue weighted by molar-refractivity contribution is 0.162. The second-order valence-corrected chi connectivity index (χ2v) is 5.62. The smallest absolute Gasteiger partial charge is 0.129 e. The highest BCUT2D eigenvalue weighted by Crippen LogP contribution is 2.31. The van der Waals surface area contributed by atoms with Crippen LogP contribution in [0.1, 0.15) is 29.4 Å². The topological polar surface area (TPSA) is 34.4 Å². The fourth-order valence-electron chi connectivity index (χ4n) is 1.80. The molecule has 0 aromatic carbocycles. The van der Waals surface area contributed by atoms with Crippen molar-refractivity contribution in [2.75, 3.05) is 13.7 Å². The van der Waals surface area contributed by atoms with Gasteiger partial charge in [0.15, 0.2) is 0 Å². The summed E-state index contributed by atoms with van der Waals surface area (Å²) in [4.78, 5) is 1.15. The van der Waals surface area contributed by atoms with Crippen LogP contribution in [0.3, 0.4) is 0 Å². The van der Waals surface area contributed by atoms with Crippen LogP contribution in [-0.2, 0) is 11.3 Å². The summed E-state index contributed by atoms with van der Waals surface area (Å²) >= 11 is 7.55. The molecule has 0 aliphatic heterocycles. The van der Waals surface area contributed by atoms with Gasteiger partial charge in [0, 0.05) is 12.0 Å². The van der Waals surface area contributed by atoms with Crippen LogP contribution in [0.4, 0.5) is 0 Å². The van der Waals surface area contributed by atoms with E-state index in [0.29, 0.717) is 6.61 Å². The molecule has 2 rings (SSSR count). The van der Waals surface area contributed by atoms with E-state index in [0.717, 1.165) is 27.3 Å². The van der Waals surface area contributed by atoms with Gasteiger partial charge in [-0.1, -0.05) is 18.5 Å². The van der Waals surface area contributed by atoms with Crippen LogP contribution in [-0.4, -0.2) is 13.7 Å². The Morgan fingerprint density at radius 3 is 2.83 bits per heavy atom. The van der Waals surface area contributed by atoms with Crippen molar-refractivity contribution in [3.05, 3.63) is 45.0 Å². The molecule has 2 aromatic heterocycles. The van der Waals surface area contributed by atoms with Crippen molar-refractivity contribution in [2.45, 2.75) is 19.6 Å². The predicted molar refractivity (Wildman–Crippen MR) is 74.3 cm³/mol. The number of rotatable bonds is 6. The Labute approximate surface area is 116 Å². The Kier molecular flexibility index (Phi) is 4.83. The number of nitrogens with one attached hydrogen (secondary N) is 1. The summed E-state index contributed by atoms with van der Waals surface area (Å²) in [6, 6.07) is 7.91. The van der Waals surface area contributed by atoms with Crippen LogP contribution in [0, 0.1) is 0 Å². The van der Waals surface area contributed by atoms with Crippen molar-refractivity contribution in [1.29, 1.82) is 0 Å². The summed E-state index contributed by atoms with van der Waals surface area (Å²) in [6.07, 6.45) is 0. The molecule has 0 fully saturated rings. The van der Waals surface area contributed by atoms with Crippen LogP contribution in [0.2, 0.25) is 4.34 Å². The van der Waals surface area contributed by atoms with Gasteiger partial charge in [0.25, 0.3) is 0 Å². The lowest BCUT2D eigenvalue weighted by Gasteiger charge is -2.13. The van der Waals surface area contributed by atoms with E-state index in [-0.39, 0.29) is 6.04 Å². The molecule has 0 aliphatic rings. The zero-order valence-corrected chi connectivity index (χ0v) is 12.0. The maximum Gasteiger partial charge on any atom is 0.129 e. The van der Waals surface area contributed by atoms with Gasteiger partial charge in [-0.15, -0.1) is 11.3 Å². The summed E-state index contributed by atoms with van der Waals surface area (Å²) < 4.78 is 11.6. The van der Waals surface area contributed by atoms with E-state index in [1.165, 1.54) is 0 Å². The van der Waals surface area contributed by atoms with Gasteiger partial charge in [-0.25, -0.2) is 0 Å². The lowest BCUT2D eigenvalue weighted by Crippen LogP contribution is -2.20. The summed E-state index contributed by atoms with van der Waals surface area (Å²) in [5, 5.41) is 3.40. The molecular formula is C13H16ClNO2S. The molecule has 18 heavy (non-hydrogen) atoms. The number of halogens is 1. The highest BCUT2D eigenvalue weighted by atomic mass is 35.5. The molecule has 0 bridgehead atoms. The maximum atomic E-state index is 5.99. The van der Waals surface area contributed by atoms with Gasteiger partial charge in [-0.2, -0.15) is 0 Å². The van der Waals surface area contributed by atoms with Crippen LogP contribution in [0.25, 0.3) is 0 Å². The van der Waals surface area contributed by atoms with Gasteiger partial charge in [0.2, 0.25) is 0 Å². The predicted octanol–water partition coefficient (Wildman–Crippen LogP) is 3.84. The van der Waals surface area contributed by atoms with E-state index in [1.54, 1.807) is 18.4 Å². The molecule has 0 spiro atoms. The Bertz CT molecular complexity index is 495. The minimum atomic E-state index is 0.0538. The molecule has 0 saturated heterocycles. The van der Waals surface area contributed by atoms with Crippen LogP contribution >= 0.6 is 22.9 Å². The Morgan fingerprint density at radius 1 is 1.39 bits per heavy atom. The van der Waals surface area contributed by atoms with E-state index in [9.17, 15) is 0 Å². The van der Waals surface area contributed by atoms with Crippen LogP contribution < -0.4 is 5.32 Å². The third kappa shape index (κ3) is 3.14. The maximum absolute atomic E-state index is 5.99. The fourth-order valence-corrected chi connectivity index (χ4v) is 2.94. The number of thiophene rings is 1.